The zero-order valence-electron chi connectivity index (χ0n) is 22.0. The molecule has 2 heterocycles. The Kier molecular flexibility index (Phi) is 9.43. The van der Waals surface area contributed by atoms with Crippen LogP contribution in [0, 0.1) is 0 Å². The number of halogens is 2. The summed E-state index contributed by atoms with van der Waals surface area (Å²) in [5.74, 6) is -1.08. The lowest BCUT2D eigenvalue weighted by Crippen LogP contribution is -2.55. The summed E-state index contributed by atoms with van der Waals surface area (Å²) in [5.41, 5.74) is 1.02. The fourth-order valence-corrected chi connectivity index (χ4v) is 5.13. The standard InChI is InChI=1S/C29H32Cl2N4O4/c1-35(2)16-7-17-39-24-18-19(9-11-21(24)30)25-20(26-22(31)8-6-15-32-26)10-12-23(33-25)27(36)34-29(28(37)38)13-4-3-5-14-29/h6,8-12,15,18H,3-5,7,13-14,16-17H2,1-2H3,(H,34,36)(H,37,38). The van der Waals surface area contributed by atoms with Crippen molar-refractivity contribution in [3.05, 3.63) is 64.4 Å². The van der Waals surface area contributed by atoms with Gasteiger partial charge in [-0.3, -0.25) is 9.78 Å². The molecule has 1 amide bonds. The second kappa shape index (κ2) is 12.8. The van der Waals surface area contributed by atoms with E-state index in [0.29, 0.717) is 57.8 Å². The molecule has 0 saturated heterocycles. The number of benzene rings is 1. The number of carboxylic acids is 1. The number of pyridine rings is 2. The third kappa shape index (κ3) is 6.87. The van der Waals surface area contributed by atoms with Gasteiger partial charge in [-0.15, -0.1) is 0 Å². The van der Waals surface area contributed by atoms with E-state index in [1.165, 1.54) is 0 Å². The van der Waals surface area contributed by atoms with Crippen molar-refractivity contribution in [2.75, 3.05) is 27.2 Å². The van der Waals surface area contributed by atoms with E-state index >= 15 is 0 Å². The molecule has 1 aliphatic rings. The lowest BCUT2D eigenvalue weighted by molar-refractivity contribution is -0.145. The van der Waals surface area contributed by atoms with E-state index in [1.807, 2.05) is 14.1 Å². The molecule has 0 unspecified atom stereocenters. The molecule has 3 aromatic rings. The Morgan fingerprint density at radius 2 is 1.82 bits per heavy atom. The number of rotatable bonds is 10. The van der Waals surface area contributed by atoms with Crippen molar-refractivity contribution in [2.45, 2.75) is 44.1 Å². The predicted molar refractivity (Wildman–Crippen MR) is 153 cm³/mol. The molecule has 2 aromatic heterocycles. The highest BCUT2D eigenvalue weighted by atomic mass is 35.5. The zero-order chi connectivity index (χ0) is 28.0. The van der Waals surface area contributed by atoms with Crippen molar-refractivity contribution < 1.29 is 19.4 Å². The van der Waals surface area contributed by atoms with Crippen LogP contribution in [0.5, 0.6) is 5.75 Å². The van der Waals surface area contributed by atoms with Gasteiger partial charge in [0.25, 0.3) is 5.91 Å². The van der Waals surface area contributed by atoms with Crippen LogP contribution in [0.25, 0.3) is 22.5 Å². The van der Waals surface area contributed by atoms with E-state index in [1.54, 1.807) is 48.7 Å². The molecule has 0 bridgehead atoms. The van der Waals surface area contributed by atoms with Gasteiger partial charge in [-0.1, -0.05) is 48.5 Å². The average molecular weight is 572 g/mol. The number of carbonyl (C=O) groups excluding carboxylic acids is 1. The highest BCUT2D eigenvalue weighted by molar-refractivity contribution is 6.33. The third-order valence-electron chi connectivity index (χ3n) is 6.82. The number of aliphatic carboxylic acids is 1. The van der Waals surface area contributed by atoms with E-state index in [0.717, 1.165) is 32.2 Å². The smallest absolute Gasteiger partial charge is 0.329 e. The number of carbonyl (C=O) groups is 2. The number of nitrogens with zero attached hydrogens (tertiary/aromatic N) is 3. The van der Waals surface area contributed by atoms with Crippen molar-refractivity contribution in [3.63, 3.8) is 0 Å². The number of carboxylic acid groups (broad SMARTS) is 1. The molecule has 8 nitrogen and oxygen atoms in total. The summed E-state index contributed by atoms with van der Waals surface area (Å²) in [6.45, 7) is 1.35. The molecule has 1 aromatic carbocycles. The van der Waals surface area contributed by atoms with Gasteiger partial charge in [0.05, 0.1) is 28.0 Å². The van der Waals surface area contributed by atoms with Crippen molar-refractivity contribution in [1.29, 1.82) is 0 Å². The average Bonchev–Trinajstić information content (AvgIpc) is 2.92. The summed E-state index contributed by atoms with van der Waals surface area (Å²) in [6, 6.07) is 12.0. The molecule has 0 spiro atoms. The van der Waals surface area contributed by atoms with Gasteiger partial charge in [0.1, 0.15) is 17.0 Å². The van der Waals surface area contributed by atoms with Crippen LogP contribution in [0.15, 0.2) is 48.7 Å². The molecular formula is C29H32Cl2N4O4. The van der Waals surface area contributed by atoms with Gasteiger partial charge in [0, 0.05) is 23.9 Å². The van der Waals surface area contributed by atoms with Crippen LogP contribution in [0.4, 0.5) is 0 Å². The van der Waals surface area contributed by atoms with Crippen LogP contribution in [0.3, 0.4) is 0 Å². The Balaban J connectivity index is 1.73. The Bertz CT molecular complexity index is 1340. The first-order valence-electron chi connectivity index (χ1n) is 13.0. The molecule has 0 atom stereocenters. The summed E-state index contributed by atoms with van der Waals surface area (Å²) in [6.07, 6.45) is 5.65. The normalized spacial score (nSPS) is 14.7. The monoisotopic (exact) mass is 570 g/mol. The number of nitrogens with one attached hydrogen (secondary N) is 1. The van der Waals surface area contributed by atoms with E-state index in [2.05, 4.69) is 15.2 Å². The number of hydrogen-bond acceptors (Lipinski definition) is 6. The Morgan fingerprint density at radius 3 is 2.51 bits per heavy atom. The van der Waals surface area contributed by atoms with E-state index in [9.17, 15) is 14.7 Å². The molecule has 1 aliphatic carbocycles. The van der Waals surface area contributed by atoms with Gasteiger partial charge in [0.15, 0.2) is 0 Å². The highest BCUT2D eigenvalue weighted by Crippen LogP contribution is 2.37. The van der Waals surface area contributed by atoms with Crippen molar-refractivity contribution in [1.82, 2.24) is 20.2 Å². The molecule has 10 heteroatoms. The fraction of sp³-hybridized carbons (Fsp3) is 0.379. The zero-order valence-corrected chi connectivity index (χ0v) is 23.6. The van der Waals surface area contributed by atoms with Gasteiger partial charge >= 0.3 is 5.97 Å². The maximum absolute atomic E-state index is 13.3. The van der Waals surface area contributed by atoms with Crippen molar-refractivity contribution in [2.24, 2.45) is 0 Å². The minimum absolute atomic E-state index is 0.0930. The summed E-state index contributed by atoms with van der Waals surface area (Å²) >= 11 is 12.9. The lowest BCUT2D eigenvalue weighted by Gasteiger charge is -2.33. The SMILES string of the molecule is CN(C)CCCOc1cc(-c2nc(C(=O)NC3(C(=O)O)CCCCC3)ccc2-c2ncccc2Cl)ccc1Cl. The Hall–Kier alpha value is -3.20. The first-order chi connectivity index (χ1) is 18.7. The van der Waals surface area contributed by atoms with Crippen LogP contribution in [0.1, 0.15) is 49.0 Å². The number of amides is 1. The molecule has 4 rings (SSSR count). The lowest BCUT2D eigenvalue weighted by atomic mass is 9.81. The summed E-state index contributed by atoms with van der Waals surface area (Å²) in [7, 11) is 4.00. The van der Waals surface area contributed by atoms with Gasteiger partial charge in [-0.2, -0.15) is 0 Å². The minimum atomic E-state index is -1.30. The van der Waals surface area contributed by atoms with Crippen molar-refractivity contribution in [3.8, 4) is 28.3 Å². The topological polar surface area (TPSA) is 105 Å². The molecule has 206 valence electrons. The van der Waals surface area contributed by atoms with Crippen LogP contribution in [-0.4, -0.2) is 64.6 Å². The van der Waals surface area contributed by atoms with Crippen LogP contribution < -0.4 is 10.1 Å². The Labute approximate surface area is 238 Å². The number of aromatic nitrogens is 2. The first-order valence-corrected chi connectivity index (χ1v) is 13.7. The highest BCUT2D eigenvalue weighted by Gasteiger charge is 2.41. The molecule has 1 fully saturated rings. The maximum Gasteiger partial charge on any atom is 0.329 e. The van der Waals surface area contributed by atoms with E-state index in [4.69, 9.17) is 32.9 Å². The van der Waals surface area contributed by atoms with E-state index < -0.39 is 17.4 Å². The molecular weight excluding hydrogens is 539 g/mol. The van der Waals surface area contributed by atoms with E-state index in [-0.39, 0.29) is 5.69 Å². The summed E-state index contributed by atoms with van der Waals surface area (Å²) in [5, 5.41) is 13.6. The molecule has 39 heavy (non-hydrogen) atoms. The predicted octanol–water partition coefficient (Wildman–Crippen LogP) is 5.97. The second-order valence-electron chi connectivity index (χ2n) is 9.98. The number of ether oxygens (including phenoxy) is 1. The fourth-order valence-electron chi connectivity index (χ4n) is 4.73. The number of hydrogen-bond donors (Lipinski definition) is 2. The summed E-state index contributed by atoms with van der Waals surface area (Å²) in [4.78, 5) is 36.7. The largest absolute Gasteiger partial charge is 0.492 e. The second-order valence-corrected chi connectivity index (χ2v) is 10.8. The van der Waals surface area contributed by atoms with Gasteiger partial charge in [-0.25, -0.2) is 9.78 Å². The molecule has 2 N–H and O–H groups in total. The maximum atomic E-state index is 13.3. The van der Waals surface area contributed by atoms with Crippen molar-refractivity contribution >= 4 is 35.1 Å². The minimum Gasteiger partial charge on any atom is -0.492 e. The van der Waals surface area contributed by atoms with Crippen LogP contribution >= 0.6 is 23.2 Å². The Morgan fingerprint density at radius 1 is 1.05 bits per heavy atom. The van der Waals surface area contributed by atoms with Gasteiger partial charge < -0.3 is 20.1 Å². The van der Waals surface area contributed by atoms with Crippen LogP contribution in [0.2, 0.25) is 10.0 Å². The summed E-state index contributed by atoms with van der Waals surface area (Å²) < 4.78 is 5.96. The molecule has 0 radical (unpaired) electrons. The van der Waals surface area contributed by atoms with Crippen LogP contribution in [-0.2, 0) is 4.79 Å². The first kappa shape index (κ1) is 28.8. The molecule has 1 saturated carbocycles. The van der Waals surface area contributed by atoms with Gasteiger partial charge in [0.2, 0.25) is 0 Å². The van der Waals surface area contributed by atoms with Gasteiger partial charge in [-0.05, 0) is 69.8 Å². The third-order valence-corrected chi connectivity index (χ3v) is 7.44. The quantitative estimate of drug-likeness (QED) is 0.289. The molecule has 0 aliphatic heterocycles.